The second kappa shape index (κ2) is 3.84. The fraction of sp³-hybridized carbons (Fsp3) is 0.500. The molecule has 1 aromatic carbocycles. The maximum absolute atomic E-state index is 10.2. The third-order valence-corrected chi connectivity index (χ3v) is 3.99. The number of hydrogen-bond acceptors (Lipinski definition) is 3. The van der Waals surface area contributed by atoms with E-state index in [0.717, 1.165) is 53.6 Å². The molecule has 2 heterocycles. The van der Waals surface area contributed by atoms with Crippen LogP contribution < -0.4 is 9.47 Å². The lowest BCUT2D eigenvalue weighted by atomic mass is 9.98. The highest BCUT2D eigenvalue weighted by Gasteiger charge is 2.27. The number of benzene rings is 1. The van der Waals surface area contributed by atoms with Gasteiger partial charge in [0.25, 0.3) is 0 Å². The molecule has 0 aromatic heterocycles. The molecule has 0 spiro atoms. The molecule has 86 valence electrons. The first-order chi connectivity index (χ1) is 7.79. The Morgan fingerprint density at radius 3 is 2.31 bits per heavy atom. The zero-order valence-corrected chi connectivity index (χ0v) is 10.5. The van der Waals surface area contributed by atoms with Gasteiger partial charge in [0, 0.05) is 11.1 Å². The van der Waals surface area contributed by atoms with E-state index in [1.165, 1.54) is 0 Å². The van der Waals surface area contributed by atoms with Crippen LogP contribution in [0, 0.1) is 0 Å². The molecule has 3 nitrogen and oxygen atoms in total. The highest BCUT2D eigenvalue weighted by Crippen LogP contribution is 2.49. The molecule has 0 bridgehead atoms. The standard InChI is InChI=1S/C12H13BrO3/c13-9-7-3-1-6-16-12(7)10(14)8-4-2-5-15-11(8)9/h14H,1-6H2. The summed E-state index contributed by atoms with van der Waals surface area (Å²) >= 11 is 3.57. The van der Waals surface area contributed by atoms with Gasteiger partial charge in [-0.25, -0.2) is 0 Å². The number of fused-ring (bicyclic) bond motifs is 2. The third kappa shape index (κ3) is 1.39. The first kappa shape index (κ1) is 10.3. The van der Waals surface area contributed by atoms with Crippen LogP contribution in [-0.2, 0) is 12.8 Å². The number of ether oxygens (including phenoxy) is 2. The smallest absolute Gasteiger partial charge is 0.165 e. The fourth-order valence-corrected chi connectivity index (χ4v) is 3.10. The van der Waals surface area contributed by atoms with Crippen LogP contribution in [0.1, 0.15) is 24.0 Å². The van der Waals surface area contributed by atoms with E-state index < -0.39 is 0 Å². The van der Waals surface area contributed by atoms with E-state index in [-0.39, 0.29) is 5.75 Å². The van der Waals surface area contributed by atoms with Gasteiger partial charge in [0.1, 0.15) is 5.75 Å². The normalized spacial score (nSPS) is 18.1. The zero-order chi connectivity index (χ0) is 11.1. The molecule has 0 atom stereocenters. The molecule has 1 aromatic rings. The molecule has 1 N–H and O–H groups in total. The molecule has 16 heavy (non-hydrogen) atoms. The van der Waals surface area contributed by atoms with Crippen LogP contribution in [-0.4, -0.2) is 18.3 Å². The van der Waals surface area contributed by atoms with Gasteiger partial charge in [-0.3, -0.25) is 0 Å². The Morgan fingerprint density at radius 1 is 0.938 bits per heavy atom. The van der Waals surface area contributed by atoms with Gasteiger partial charge >= 0.3 is 0 Å². The van der Waals surface area contributed by atoms with Crippen molar-refractivity contribution in [2.45, 2.75) is 25.7 Å². The van der Waals surface area contributed by atoms with E-state index in [0.29, 0.717) is 12.4 Å². The van der Waals surface area contributed by atoms with Crippen molar-refractivity contribution in [2.24, 2.45) is 0 Å². The minimum Gasteiger partial charge on any atom is -0.504 e. The Hall–Kier alpha value is -0.900. The van der Waals surface area contributed by atoms with Crippen molar-refractivity contribution in [3.63, 3.8) is 0 Å². The van der Waals surface area contributed by atoms with Gasteiger partial charge in [0.2, 0.25) is 0 Å². The summed E-state index contributed by atoms with van der Waals surface area (Å²) in [6.07, 6.45) is 3.73. The molecule has 0 aliphatic carbocycles. The number of phenolic OH excluding ortho intramolecular Hbond substituents is 1. The zero-order valence-electron chi connectivity index (χ0n) is 8.88. The van der Waals surface area contributed by atoms with Crippen molar-refractivity contribution in [2.75, 3.05) is 13.2 Å². The van der Waals surface area contributed by atoms with E-state index in [4.69, 9.17) is 9.47 Å². The lowest BCUT2D eigenvalue weighted by Gasteiger charge is -2.26. The first-order valence-electron chi connectivity index (χ1n) is 5.61. The maximum atomic E-state index is 10.2. The van der Waals surface area contributed by atoms with E-state index in [1.54, 1.807) is 0 Å². The minimum absolute atomic E-state index is 0.285. The summed E-state index contributed by atoms with van der Waals surface area (Å²) in [6.45, 7) is 1.41. The van der Waals surface area contributed by atoms with Gasteiger partial charge in [-0.2, -0.15) is 0 Å². The Labute approximate surface area is 102 Å². The number of hydrogen-bond donors (Lipinski definition) is 1. The van der Waals surface area contributed by atoms with Crippen LogP contribution in [0.25, 0.3) is 0 Å². The molecule has 0 radical (unpaired) electrons. The topological polar surface area (TPSA) is 38.7 Å². The van der Waals surface area contributed by atoms with Crippen LogP contribution in [0.15, 0.2) is 4.47 Å². The molecular formula is C12H13BrO3. The summed E-state index contributed by atoms with van der Waals surface area (Å²) in [7, 11) is 0. The van der Waals surface area contributed by atoms with Crippen LogP contribution in [0.3, 0.4) is 0 Å². The summed E-state index contributed by atoms with van der Waals surface area (Å²) in [5, 5.41) is 10.2. The predicted octanol–water partition coefficient (Wildman–Crippen LogP) is 2.80. The fourth-order valence-electron chi connectivity index (χ4n) is 2.36. The largest absolute Gasteiger partial charge is 0.504 e. The minimum atomic E-state index is 0.285. The summed E-state index contributed by atoms with van der Waals surface area (Å²) < 4.78 is 12.2. The molecule has 2 aliphatic rings. The Balaban J connectivity index is 2.24. The van der Waals surface area contributed by atoms with Crippen molar-refractivity contribution in [1.82, 2.24) is 0 Å². The molecule has 0 saturated heterocycles. The number of rotatable bonds is 0. The van der Waals surface area contributed by atoms with Crippen molar-refractivity contribution >= 4 is 15.9 Å². The molecule has 0 fully saturated rings. The Morgan fingerprint density at radius 2 is 1.56 bits per heavy atom. The third-order valence-electron chi connectivity index (χ3n) is 3.15. The van der Waals surface area contributed by atoms with Gasteiger partial charge in [-0.1, -0.05) is 0 Å². The summed E-state index contributed by atoms with van der Waals surface area (Å²) in [6, 6.07) is 0. The second-order valence-corrected chi connectivity index (χ2v) is 4.97. The second-order valence-electron chi connectivity index (χ2n) is 4.18. The van der Waals surface area contributed by atoms with Crippen molar-refractivity contribution in [3.8, 4) is 17.2 Å². The van der Waals surface area contributed by atoms with Crippen LogP contribution in [0.2, 0.25) is 0 Å². The van der Waals surface area contributed by atoms with Crippen LogP contribution in [0.5, 0.6) is 17.2 Å². The summed E-state index contributed by atoms with van der Waals surface area (Å²) in [4.78, 5) is 0. The van der Waals surface area contributed by atoms with Crippen LogP contribution >= 0.6 is 15.9 Å². The van der Waals surface area contributed by atoms with E-state index in [1.807, 2.05) is 0 Å². The van der Waals surface area contributed by atoms with E-state index in [2.05, 4.69) is 15.9 Å². The highest BCUT2D eigenvalue weighted by atomic mass is 79.9. The van der Waals surface area contributed by atoms with Crippen LogP contribution in [0.4, 0.5) is 0 Å². The van der Waals surface area contributed by atoms with E-state index >= 15 is 0 Å². The quantitative estimate of drug-likeness (QED) is 0.796. The van der Waals surface area contributed by atoms with E-state index in [9.17, 15) is 5.11 Å². The molecule has 3 rings (SSSR count). The molecule has 4 heteroatoms. The molecule has 0 unspecified atom stereocenters. The molecule has 0 saturated carbocycles. The van der Waals surface area contributed by atoms with Gasteiger partial charge in [-0.05, 0) is 41.6 Å². The van der Waals surface area contributed by atoms with Gasteiger partial charge in [0.05, 0.1) is 17.7 Å². The van der Waals surface area contributed by atoms with Crippen molar-refractivity contribution in [1.29, 1.82) is 0 Å². The first-order valence-corrected chi connectivity index (χ1v) is 6.40. The molecule has 2 aliphatic heterocycles. The lowest BCUT2D eigenvalue weighted by molar-refractivity contribution is 0.254. The maximum Gasteiger partial charge on any atom is 0.165 e. The molecule has 0 amide bonds. The Kier molecular flexibility index (Phi) is 2.46. The monoisotopic (exact) mass is 284 g/mol. The summed E-state index contributed by atoms with van der Waals surface area (Å²) in [5.74, 6) is 1.75. The Bertz CT molecular complexity index is 364. The van der Waals surface area contributed by atoms with Gasteiger partial charge in [-0.15, -0.1) is 0 Å². The predicted molar refractivity (Wildman–Crippen MR) is 63.4 cm³/mol. The highest BCUT2D eigenvalue weighted by molar-refractivity contribution is 9.10. The lowest BCUT2D eigenvalue weighted by Crippen LogP contribution is -2.15. The average Bonchev–Trinajstić information content (AvgIpc) is 2.36. The van der Waals surface area contributed by atoms with Gasteiger partial charge in [0.15, 0.2) is 11.5 Å². The average molecular weight is 285 g/mol. The van der Waals surface area contributed by atoms with Crippen molar-refractivity contribution in [3.05, 3.63) is 15.6 Å². The van der Waals surface area contributed by atoms with Crippen molar-refractivity contribution < 1.29 is 14.6 Å². The number of phenols is 1. The summed E-state index contributed by atoms with van der Waals surface area (Å²) in [5.41, 5.74) is 1.93. The van der Waals surface area contributed by atoms with Gasteiger partial charge < -0.3 is 14.6 Å². The number of aromatic hydroxyl groups is 1. The SMILES string of the molecule is Oc1c2c(c(Br)c3c1OCCC3)OCCC2. The molecular weight excluding hydrogens is 272 g/mol. The number of halogens is 1.